The molecule has 0 fully saturated rings. The SMILES string of the molecule is COc1ccc(-c2nnc(SCc3c(F)cccc3Cl)n2N)cc1OC. The van der Waals surface area contributed by atoms with Gasteiger partial charge in [-0.2, -0.15) is 0 Å². The van der Waals surface area contributed by atoms with Crippen LogP contribution in [0.5, 0.6) is 11.5 Å². The molecule has 0 saturated heterocycles. The minimum atomic E-state index is -0.367. The number of benzene rings is 2. The number of hydrogen-bond donors (Lipinski definition) is 1. The van der Waals surface area contributed by atoms with Crippen LogP contribution in [0.15, 0.2) is 41.6 Å². The van der Waals surface area contributed by atoms with Gasteiger partial charge in [-0.25, -0.2) is 9.07 Å². The molecule has 9 heteroatoms. The van der Waals surface area contributed by atoms with Crippen molar-refractivity contribution >= 4 is 23.4 Å². The van der Waals surface area contributed by atoms with E-state index in [9.17, 15) is 4.39 Å². The van der Waals surface area contributed by atoms with Crippen molar-refractivity contribution in [1.82, 2.24) is 14.9 Å². The van der Waals surface area contributed by atoms with Gasteiger partial charge in [-0.3, -0.25) is 0 Å². The van der Waals surface area contributed by atoms with E-state index in [1.807, 2.05) is 0 Å². The van der Waals surface area contributed by atoms with E-state index in [1.165, 1.54) is 22.5 Å². The number of thioether (sulfide) groups is 1. The zero-order valence-corrected chi connectivity index (χ0v) is 15.6. The third-order valence-electron chi connectivity index (χ3n) is 3.71. The van der Waals surface area contributed by atoms with Gasteiger partial charge in [-0.1, -0.05) is 29.4 Å². The number of ether oxygens (including phenoxy) is 2. The van der Waals surface area contributed by atoms with Crippen LogP contribution in [0.2, 0.25) is 5.02 Å². The molecule has 136 valence electrons. The van der Waals surface area contributed by atoms with Crippen molar-refractivity contribution in [3.63, 3.8) is 0 Å². The molecule has 1 heterocycles. The smallest absolute Gasteiger partial charge is 0.210 e. The van der Waals surface area contributed by atoms with E-state index in [0.29, 0.717) is 38.6 Å². The lowest BCUT2D eigenvalue weighted by molar-refractivity contribution is 0.355. The fourth-order valence-corrected chi connectivity index (χ4v) is 3.55. The first kappa shape index (κ1) is 18.3. The molecule has 0 amide bonds. The van der Waals surface area contributed by atoms with E-state index in [2.05, 4.69) is 10.2 Å². The normalized spacial score (nSPS) is 10.8. The molecule has 0 unspecified atom stereocenters. The van der Waals surface area contributed by atoms with Crippen LogP contribution in [0.4, 0.5) is 4.39 Å². The van der Waals surface area contributed by atoms with Gasteiger partial charge >= 0.3 is 0 Å². The maximum absolute atomic E-state index is 13.9. The second-order valence-electron chi connectivity index (χ2n) is 5.23. The number of methoxy groups -OCH3 is 2. The van der Waals surface area contributed by atoms with Crippen molar-refractivity contribution < 1.29 is 13.9 Å². The fourth-order valence-electron chi connectivity index (χ4n) is 2.35. The van der Waals surface area contributed by atoms with Crippen molar-refractivity contribution in [2.75, 3.05) is 20.1 Å². The van der Waals surface area contributed by atoms with E-state index in [-0.39, 0.29) is 11.6 Å². The van der Waals surface area contributed by atoms with Gasteiger partial charge < -0.3 is 15.3 Å². The molecule has 26 heavy (non-hydrogen) atoms. The molecule has 1 aromatic heterocycles. The van der Waals surface area contributed by atoms with E-state index in [1.54, 1.807) is 44.6 Å². The monoisotopic (exact) mass is 394 g/mol. The van der Waals surface area contributed by atoms with Crippen LogP contribution in [-0.2, 0) is 5.75 Å². The molecule has 0 bridgehead atoms. The van der Waals surface area contributed by atoms with Gasteiger partial charge in [0.2, 0.25) is 5.16 Å². The van der Waals surface area contributed by atoms with E-state index in [0.717, 1.165) is 0 Å². The molecule has 0 atom stereocenters. The molecule has 2 aromatic carbocycles. The van der Waals surface area contributed by atoms with Crippen molar-refractivity contribution in [2.24, 2.45) is 0 Å². The number of hydrogen-bond acceptors (Lipinski definition) is 6. The molecule has 0 aliphatic heterocycles. The first-order valence-corrected chi connectivity index (χ1v) is 8.90. The lowest BCUT2D eigenvalue weighted by Crippen LogP contribution is -2.11. The Hall–Kier alpha value is -2.45. The summed E-state index contributed by atoms with van der Waals surface area (Å²) in [4.78, 5) is 0. The van der Waals surface area contributed by atoms with Crippen LogP contribution in [0.3, 0.4) is 0 Å². The molecule has 0 aliphatic rings. The number of nitrogen functional groups attached to an aromatic ring is 1. The van der Waals surface area contributed by atoms with E-state index < -0.39 is 0 Å². The second kappa shape index (κ2) is 7.84. The molecule has 3 aromatic rings. The highest BCUT2D eigenvalue weighted by molar-refractivity contribution is 7.98. The maximum Gasteiger partial charge on any atom is 0.210 e. The summed E-state index contributed by atoms with van der Waals surface area (Å²) >= 11 is 7.29. The van der Waals surface area contributed by atoms with Crippen LogP contribution in [-0.4, -0.2) is 29.1 Å². The zero-order valence-electron chi connectivity index (χ0n) is 14.1. The molecular weight excluding hydrogens is 379 g/mol. The first-order valence-electron chi connectivity index (χ1n) is 7.53. The van der Waals surface area contributed by atoms with Crippen molar-refractivity contribution in [1.29, 1.82) is 0 Å². The molecule has 0 radical (unpaired) electrons. The number of nitrogens with two attached hydrogens (primary N) is 1. The number of halogens is 2. The predicted octanol–water partition coefficient (Wildman–Crippen LogP) is 3.76. The van der Waals surface area contributed by atoms with Crippen LogP contribution in [0.1, 0.15) is 5.56 Å². The summed E-state index contributed by atoms with van der Waals surface area (Å²) in [6.45, 7) is 0. The standard InChI is InChI=1S/C17H16ClFN4O2S/c1-24-14-7-6-10(8-15(14)25-2)16-21-22-17(23(16)20)26-9-11-12(18)4-3-5-13(11)19/h3-8H,9,20H2,1-2H3. The largest absolute Gasteiger partial charge is 0.493 e. The molecule has 0 saturated carbocycles. The van der Waals surface area contributed by atoms with E-state index >= 15 is 0 Å². The van der Waals surface area contributed by atoms with E-state index in [4.69, 9.17) is 26.9 Å². The van der Waals surface area contributed by atoms with Crippen LogP contribution in [0, 0.1) is 5.82 Å². The Morgan fingerprint density at radius 1 is 1.15 bits per heavy atom. The summed E-state index contributed by atoms with van der Waals surface area (Å²) in [6.07, 6.45) is 0. The summed E-state index contributed by atoms with van der Waals surface area (Å²) in [7, 11) is 3.11. The van der Waals surface area contributed by atoms with Crippen LogP contribution >= 0.6 is 23.4 Å². The van der Waals surface area contributed by atoms with Gasteiger partial charge in [-0.05, 0) is 30.3 Å². The molecule has 3 rings (SSSR count). The third kappa shape index (κ3) is 3.56. The van der Waals surface area contributed by atoms with Gasteiger partial charge in [0.25, 0.3) is 0 Å². The van der Waals surface area contributed by atoms with Gasteiger partial charge in [0, 0.05) is 21.9 Å². The highest BCUT2D eigenvalue weighted by Gasteiger charge is 2.16. The Bertz CT molecular complexity index is 915. The minimum Gasteiger partial charge on any atom is -0.493 e. The Balaban J connectivity index is 1.84. The van der Waals surface area contributed by atoms with Gasteiger partial charge in [0.15, 0.2) is 17.3 Å². The average molecular weight is 395 g/mol. The number of nitrogens with zero attached hydrogens (tertiary/aromatic N) is 3. The van der Waals surface area contributed by atoms with Crippen molar-refractivity contribution in [2.45, 2.75) is 10.9 Å². The number of rotatable bonds is 6. The summed E-state index contributed by atoms with van der Waals surface area (Å²) in [5, 5.41) is 9.00. The lowest BCUT2D eigenvalue weighted by atomic mass is 10.2. The summed E-state index contributed by atoms with van der Waals surface area (Å²) in [5.74, 6) is 7.63. The van der Waals surface area contributed by atoms with Gasteiger partial charge in [0.1, 0.15) is 5.82 Å². The third-order valence-corrected chi connectivity index (χ3v) is 5.04. The minimum absolute atomic E-state index is 0.284. The average Bonchev–Trinajstić information content (AvgIpc) is 3.01. The van der Waals surface area contributed by atoms with Crippen LogP contribution in [0.25, 0.3) is 11.4 Å². The predicted molar refractivity (Wildman–Crippen MR) is 99.7 cm³/mol. The number of aromatic nitrogens is 3. The molecule has 2 N–H and O–H groups in total. The summed E-state index contributed by atoms with van der Waals surface area (Å²) < 4.78 is 25.7. The van der Waals surface area contributed by atoms with Crippen molar-refractivity contribution in [3.05, 3.63) is 52.8 Å². The molecule has 6 nitrogen and oxygen atoms in total. The second-order valence-corrected chi connectivity index (χ2v) is 6.58. The topological polar surface area (TPSA) is 75.2 Å². The lowest BCUT2D eigenvalue weighted by Gasteiger charge is -2.09. The Morgan fingerprint density at radius 3 is 2.62 bits per heavy atom. The van der Waals surface area contributed by atoms with Crippen LogP contribution < -0.4 is 15.3 Å². The molecule has 0 spiro atoms. The molecule has 0 aliphatic carbocycles. The first-order chi connectivity index (χ1) is 12.5. The van der Waals surface area contributed by atoms with Gasteiger partial charge in [-0.15, -0.1) is 10.2 Å². The van der Waals surface area contributed by atoms with Crippen molar-refractivity contribution in [3.8, 4) is 22.9 Å². The highest BCUT2D eigenvalue weighted by atomic mass is 35.5. The quantitative estimate of drug-likeness (QED) is 0.506. The highest BCUT2D eigenvalue weighted by Crippen LogP contribution is 2.33. The molecular formula is C17H16ClFN4O2S. The Labute approximate surface area is 159 Å². The zero-order chi connectivity index (χ0) is 18.7. The Morgan fingerprint density at radius 2 is 1.92 bits per heavy atom. The maximum atomic E-state index is 13.9. The van der Waals surface area contributed by atoms with Gasteiger partial charge in [0.05, 0.1) is 14.2 Å². The summed E-state index contributed by atoms with van der Waals surface area (Å²) in [6, 6.07) is 9.89. The summed E-state index contributed by atoms with van der Waals surface area (Å²) in [5.41, 5.74) is 1.11. The fraction of sp³-hybridized carbons (Fsp3) is 0.176. The Kier molecular flexibility index (Phi) is 5.53.